The molecule has 0 radical (unpaired) electrons. The van der Waals surface area contributed by atoms with Crippen molar-refractivity contribution in [2.24, 2.45) is 17.8 Å². The molecule has 6 nitrogen and oxygen atoms in total. The maximum Gasteiger partial charge on any atom is 0.173 e. The summed E-state index contributed by atoms with van der Waals surface area (Å²) in [4.78, 5) is 37.7. The average molecular weight is 429 g/mol. The van der Waals surface area contributed by atoms with Crippen LogP contribution in [-0.4, -0.2) is 39.3 Å². The van der Waals surface area contributed by atoms with E-state index in [-0.39, 0.29) is 65.1 Å². The predicted octanol–water partition coefficient (Wildman–Crippen LogP) is 3.58. The number of carbonyl (C=O) groups excluding carboxylic acids is 3. The Morgan fingerprint density at radius 2 is 1.84 bits per heavy atom. The lowest BCUT2D eigenvalue weighted by Crippen LogP contribution is -2.43. The van der Waals surface area contributed by atoms with Crippen molar-refractivity contribution in [1.82, 2.24) is 0 Å². The van der Waals surface area contributed by atoms with E-state index < -0.39 is 17.5 Å². The van der Waals surface area contributed by atoms with E-state index in [0.717, 1.165) is 11.1 Å². The van der Waals surface area contributed by atoms with Crippen molar-refractivity contribution in [2.75, 3.05) is 6.61 Å². The molecule has 0 heterocycles. The van der Waals surface area contributed by atoms with Gasteiger partial charge in [-0.25, -0.2) is 0 Å². The van der Waals surface area contributed by atoms with Crippen molar-refractivity contribution in [3.05, 3.63) is 33.9 Å². The molecule has 168 valence electrons. The smallest absolute Gasteiger partial charge is 0.173 e. The van der Waals surface area contributed by atoms with Crippen molar-refractivity contribution in [3.8, 4) is 5.75 Å². The third-order valence-corrected chi connectivity index (χ3v) is 6.67. The molecule has 3 rings (SSSR count). The van der Waals surface area contributed by atoms with Crippen LogP contribution in [0.2, 0.25) is 0 Å². The highest BCUT2D eigenvalue weighted by Gasteiger charge is 2.47. The third-order valence-electron chi connectivity index (χ3n) is 6.67. The van der Waals surface area contributed by atoms with E-state index in [1.807, 2.05) is 33.8 Å². The van der Waals surface area contributed by atoms with Gasteiger partial charge in [-0.2, -0.15) is 0 Å². The van der Waals surface area contributed by atoms with E-state index in [1.54, 1.807) is 0 Å². The summed E-state index contributed by atoms with van der Waals surface area (Å²) in [6, 6.07) is 1.93. The minimum atomic E-state index is -1.06. The van der Waals surface area contributed by atoms with E-state index in [4.69, 9.17) is 0 Å². The van der Waals surface area contributed by atoms with Crippen molar-refractivity contribution >= 4 is 23.1 Å². The molecular weight excluding hydrogens is 396 g/mol. The Morgan fingerprint density at radius 1 is 1.19 bits per heavy atom. The topological polar surface area (TPSA) is 112 Å². The summed E-state index contributed by atoms with van der Waals surface area (Å²) in [7, 11) is 0. The Kier molecular flexibility index (Phi) is 6.16. The van der Waals surface area contributed by atoms with Crippen molar-refractivity contribution in [3.63, 3.8) is 0 Å². The monoisotopic (exact) mass is 428 g/mol. The van der Waals surface area contributed by atoms with Gasteiger partial charge < -0.3 is 15.3 Å². The predicted molar refractivity (Wildman–Crippen MR) is 117 cm³/mol. The molecule has 6 heteroatoms. The van der Waals surface area contributed by atoms with E-state index in [1.165, 1.54) is 6.92 Å². The number of aliphatic hydroxyl groups is 2. The zero-order chi connectivity index (χ0) is 23.2. The van der Waals surface area contributed by atoms with Gasteiger partial charge in [-0.1, -0.05) is 26.8 Å². The molecule has 3 N–H and O–H groups in total. The molecule has 1 saturated carbocycles. The molecule has 0 amide bonds. The number of allylic oxidation sites excluding steroid dienone is 1. The number of rotatable bonds is 5. The van der Waals surface area contributed by atoms with Crippen LogP contribution in [0.4, 0.5) is 0 Å². The van der Waals surface area contributed by atoms with Gasteiger partial charge in [0.15, 0.2) is 11.6 Å². The standard InChI is InChI=1S/C25H32O6/c1-12-8-17(25(3,4)5)22(29)21-16(12)11-15-10-14(6-7-26)19(18(28)9-13(2)27)23(30)20(15)24(21)31/h8,14-15,19,26,29,31H,6-7,9-11H2,1-5H3. The summed E-state index contributed by atoms with van der Waals surface area (Å²) in [6.45, 7) is 8.96. The Balaban J connectivity index is 2.17. The average Bonchev–Trinajstić information content (AvgIpc) is 2.62. The van der Waals surface area contributed by atoms with Crippen molar-refractivity contribution in [1.29, 1.82) is 0 Å². The first-order valence-electron chi connectivity index (χ1n) is 10.8. The molecule has 0 aromatic heterocycles. The summed E-state index contributed by atoms with van der Waals surface area (Å²) in [5.41, 5.74) is 2.51. The SMILES string of the molecule is CC(=O)CC(=O)C1C(=O)C2=C(O)c3c(O)c(C(C)(C)C)cc(C)c3CC2CC1CCO. The van der Waals surface area contributed by atoms with Gasteiger partial charge in [0.05, 0.1) is 17.9 Å². The zero-order valence-corrected chi connectivity index (χ0v) is 18.9. The Labute approximate surface area is 183 Å². The number of Topliss-reactive ketones (excluding diaryl/α,β-unsaturated/α-hetero) is 3. The lowest BCUT2D eigenvalue weighted by Gasteiger charge is -2.39. The summed E-state index contributed by atoms with van der Waals surface area (Å²) >= 11 is 0. The number of hydrogen-bond acceptors (Lipinski definition) is 6. The van der Waals surface area contributed by atoms with Crippen LogP contribution in [0, 0.1) is 24.7 Å². The molecule has 1 aromatic rings. The molecule has 31 heavy (non-hydrogen) atoms. The van der Waals surface area contributed by atoms with Gasteiger partial charge >= 0.3 is 0 Å². The first-order chi connectivity index (χ1) is 14.4. The second-order valence-corrected chi connectivity index (χ2v) is 10.1. The van der Waals surface area contributed by atoms with E-state index in [0.29, 0.717) is 18.4 Å². The number of aromatic hydroxyl groups is 1. The third kappa shape index (κ3) is 4.05. The zero-order valence-electron chi connectivity index (χ0n) is 18.9. The van der Waals surface area contributed by atoms with Crippen LogP contribution in [0.25, 0.3) is 5.76 Å². The van der Waals surface area contributed by atoms with Gasteiger partial charge in [0.2, 0.25) is 0 Å². The number of carbonyl (C=O) groups is 3. The fourth-order valence-corrected chi connectivity index (χ4v) is 5.23. The van der Waals surface area contributed by atoms with Gasteiger partial charge in [-0.3, -0.25) is 14.4 Å². The lowest BCUT2D eigenvalue weighted by atomic mass is 9.63. The number of ketones is 3. The van der Waals surface area contributed by atoms with E-state index in [9.17, 15) is 29.7 Å². The number of benzene rings is 1. The first kappa shape index (κ1) is 23.2. The normalized spacial score (nSPS) is 23.4. The minimum Gasteiger partial charge on any atom is -0.507 e. The van der Waals surface area contributed by atoms with E-state index >= 15 is 0 Å². The van der Waals surface area contributed by atoms with Crippen LogP contribution in [0.3, 0.4) is 0 Å². The highest BCUT2D eigenvalue weighted by molar-refractivity contribution is 6.17. The minimum absolute atomic E-state index is 0.0338. The summed E-state index contributed by atoms with van der Waals surface area (Å²) < 4.78 is 0. The fraction of sp³-hybridized carbons (Fsp3) is 0.560. The molecule has 3 unspecified atom stereocenters. The largest absolute Gasteiger partial charge is 0.507 e. The Hall–Kier alpha value is -2.47. The van der Waals surface area contributed by atoms with Gasteiger partial charge in [0.1, 0.15) is 17.3 Å². The maximum atomic E-state index is 13.5. The number of hydrogen-bond donors (Lipinski definition) is 3. The van der Waals surface area contributed by atoms with Gasteiger partial charge in [0.25, 0.3) is 0 Å². The molecule has 0 aliphatic heterocycles. The van der Waals surface area contributed by atoms with Gasteiger partial charge in [-0.15, -0.1) is 0 Å². The molecule has 0 saturated heterocycles. The Morgan fingerprint density at radius 3 is 2.39 bits per heavy atom. The van der Waals surface area contributed by atoms with Crippen LogP contribution in [-0.2, 0) is 26.2 Å². The molecule has 1 aromatic carbocycles. The van der Waals surface area contributed by atoms with Gasteiger partial charge in [0, 0.05) is 17.7 Å². The maximum absolute atomic E-state index is 13.5. The number of aliphatic hydroxyl groups excluding tert-OH is 2. The molecular formula is C25H32O6. The second kappa shape index (κ2) is 8.23. The van der Waals surface area contributed by atoms with E-state index in [2.05, 4.69) is 0 Å². The number of fused-ring (bicyclic) bond motifs is 2. The number of phenolic OH excluding ortho intramolecular Hbond substituents is 1. The molecule has 0 bridgehead atoms. The molecule has 2 aliphatic rings. The quantitative estimate of drug-likeness (QED) is 0.618. The van der Waals surface area contributed by atoms with Crippen LogP contribution < -0.4 is 0 Å². The summed E-state index contributed by atoms with van der Waals surface area (Å²) in [5.74, 6) is -3.30. The second-order valence-electron chi connectivity index (χ2n) is 10.1. The van der Waals surface area contributed by atoms with Crippen LogP contribution in [0.15, 0.2) is 11.6 Å². The molecule has 2 aliphatic carbocycles. The highest BCUT2D eigenvalue weighted by Crippen LogP contribution is 2.49. The summed E-state index contributed by atoms with van der Waals surface area (Å²) in [5, 5.41) is 31.7. The molecule has 0 spiro atoms. The number of phenols is 1. The Bertz CT molecular complexity index is 979. The highest BCUT2D eigenvalue weighted by atomic mass is 16.3. The van der Waals surface area contributed by atoms with Crippen molar-refractivity contribution < 1.29 is 29.7 Å². The first-order valence-corrected chi connectivity index (χ1v) is 10.8. The van der Waals surface area contributed by atoms with Crippen LogP contribution >= 0.6 is 0 Å². The number of aryl methyl sites for hydroxylation is 1. The fourth-order valence-electron chi connectivity index (χ4n) is 5.23. The van der Waals surface area contributed by atoms with Crippen LogP contribution in [0.5, 0.6) is 5.75 Å². The van der Waals surface area contributed by atoms with Gasteiger partial charge in [-0.05, 0) is 61.5 Å². The van der Waals surface area contributed by atoms with Crippen molar-refractivity contribution in [2.45, 2.75) is 65.7 Å². The van der Waals surface area contributed by atoms with Crippen LogP contribution in [0.1, 0.15) is 69.2 Å². The molecule has 1 fully saturated rings. The lowest BCUT2D eigenvalue weighted by molar-refractivity contribution is -0.137. The summed E-state index contributed by atoms with van der Waals surface area (Å²) in [6.07, 6.45) is 0.872. The molecule has 3 atom stereocenters.